The summed E-state index contributed by atoms with van der Waals surface area (Å²) in [4.78, 5) is 14.1. The largest absolute Gasteiger partial charge is 0.478 e. The molecule has 1 aromatic rings. The Hall–Kier alpha value is -1.81. The van der Waals surface area contributed by atoms with Gasteiger partial charge in [-0.1, -0.05) is 26.0 Å². The number of aliphatic hydroxyl groups excluding tert-OH is 1. The van der Waals surface area contributed by atoms with Crippen molar-refractivity contribution < 1.29 is 14.6 Å². The summed E-state index contributed by atoms with van der Waals surface area (Å²) in [6, 6.07) is 5.38. The molecule has 1 atom stereocenters. The molecule has 0 fully saturated rings. The molecule has 0 aromatic heterocycles. The maximum absolute atomic E-state index is 12.4. The molecule has 2 rings (SSSR count). The van der Waals surface area contributed by atoms with Crippen LogP contribution >= 0.6 is 0 Å². The highest BCUT2D eigenvalue weighted by molar-refractivity contribution is 6.00. The number of carbonyl (C=O) groups is 1. The zero-order valence-corrected chi connectivity index (χ0v) is 11.3. The Morgan fingerprint density at radius 1 is 1.53 bits per heavy atom. The second-order valence-corrected chi connectivity index (χ2v) is 4.98. The quantitative estimate of drug-likeness (QED) is 0.845. The summed E-state index contributed by atoms with van der Waals surface area (Å²) in [6.45, 7) is 8.01. The monoisotopic (exact) mass is 261 g/mol. The number of nitrogens with zero attached hydrogens (tertiary/aromatic N) is 1. The van der Waals surface area contributed by atoms with Crippen LogP contribution in [0.15, 0.2) is 30.9 Å². The lowest BCUT2D eigenvalue weighted by Gasteiger charge is -2.35. The lowest BCUT2D eigenvalue weighted by molar-refractivity contribution is -0.128. The Balaban J connectivity index is 2.45. The molecule has 1 aliphatic rings. The van der Waals surface area contributed by atoms with E-state index >= 15 is 0 Å². The topological polar surface area (TPSA) is 49.8 Å². The van der Waals surface area contributed by atoms with Crippen LogP contribution in [-0.4, -0.2) is 23.7 Å². The lowest BCUT2D eigenvalue weighted by atomic mass is 10.0. The molecule has 1 heterocycles. The first-order valence-corrected chi connectivity index (χ1v) is 6.41. The molecule has 1 unspecified atom stereocenters. The van der Waals surface area contributed by atoms with E-state index in [1.807, 2.05) is 13.8 Å². The van der Waals surface area contributed by atoms with Gasteiger partial charge in [0.15, 0.2) is 6.10 Å². The molecule has 102 valence electrons. The molecule has 0 radical (unpaired) electrons. The summed E-state index contributed by atoms with van der Waals surface area (Å²) in [7, 11) is 0. The maximum atomic E-state index is 12.4. The number of fused-ring (bicyclic) bond motifs is 1. The molecule has 1 N–H and O–H groups in total. The van der Waals surface area contributed by atoms with Gasteiger partial charge >= 0.3 is 0 Å². The highest BCUT2D eigenvalue weighted by Gasteiger charge is 2.35. The van der Waals surface area contributed by atoms with Crippen molar-refractivity contribution in [2.24, 2.45) is 5.92 Å². The predicted octanol–water partition coefficient (Wildman–Crippen LogP) is 2.11. The normalized spacial score (nSPS) is 18.2. The van der Waals surface area contributed by atoms with E-state index in [0.717, 1.165) is 11.3 Å². The number of amides is 1. The summed E-state index contributed by atoms with van der Waals surface area (Å²) < 4.78 is 5.79. The van der Waals surface area contributed by atoms with Crippen molar-refractivity contribution in [2.75, 3.05) is 11.4 Å². The molecule has 1 amide bonds. The van der Waals surface area contributed by atoms with Crippen molar-refractivity contribution in [3.63, 3.8) is 0 Å². The van der Waals surface area contributed by atoms with E-state index in [4.69, 9.17) is 4.74 Å². The zero-order chi connectivity index (χ0) is 14.0. The second-order valence-electron chi connectivity index (χ2n) is 4.98. The van der Waals surface area contributed by atoms with Crippen LogP contribution in [0.5, 0.6) is 5.75 Å². The van der Waals surface area contributed by atoms with Crippen molar-refractivity contribution in [1.29, 1.82) is 0 Å². The van der Waals surface area contributed by atoms with Gasteiger partial charge in [-0.05, 0) is 23.6 Å². The van der Waals surface area contributed by atoms with Gasteiger partial charge in [-0.2, -0.15) is 0 Å². The van der Waals surface area contributed by atoms with E-state index in [1.165, 1.54) is 0 Å². The lowest BCUT2D eigenvalue weighted by Crippen LogP contribution is -2.48. The summed E-state index contributed by atoms with van der Waals surface area (Å²) >= 11 is 0. The summed E-state index contributed by atoms with van der Waals surface area (Å²) in [6.07, 6.45) is 1.21. The van der Waals surface area contributed by atoms with Crippen LogP contribution < -0.4 is 9.64 Å². The Bertz CT molecular complexity index is 496. The van der Waals surface area contributed by atoms with E-state index in [2.05, 4.69) is 6.58 Å². The Morgan fingerprint density at radius 2 is 2.26 bits per heavy atom. The van der Waals surface area contributed by atoms with Crippen LogP contribution in [-0.2, 0) is 11.4 Å². The fourth-order valence-corrected chi connectivity index (χ4v) is 2.17. The van der Waals surface area contributed by atoms with E-state index in [1.54, 1.807) is 29.2 Å². The molecule has 4 heteroatoms. The van der Waals surface area contributed by atoms with Crippen LogP contribution in [0.3, 0.4) is 0 Å². The fourth-order valence-electron chi connectivity index (χ4n) is 2.17. The van der Waals surface area contributed by atoms with Crippen molar-refractivity contribution in [3.05, 3.63) is 36.4 Å². The second kappa shape index (κ2) is 5.45. The minimum absolute atomic E-state index is 0.0425. The third kappa shape index (κ3) is 2.49. The number of aliphatic hydroxyl groups is 1. The molecule has 0 saturated carbocycles. The zero-order valence-electron chi connectivity index (χ0n) is 11.3. The van der Waals surface area contributed by atoms with Crippen LogP contribution in [0.25, 0.3) is 0 Å². The molecule has 0 spiro atoms. The van der Waals surface area contributed by atoms with Gasteiger partial charge in [-0.3, -0.25) is 4.79 Å². The van der Waals surface area contributed by atoms with Gasteiger partial charge < -0.3 is 14.7 Å². The average Bonchev–Trinajstić information content (AvgIpc) is 2.40. The average molecular weight is 261 g/mol. The molecule has 0 aliphatic carbocycles. The van der Waals surface area contributed by atoms with Gasteiger partial charge in [0.25, 0.3) is 5.91 Å². The number of anilines is 1. The molecule has 1 aromatic carbocycles. The third-order valence-corrected chi connectivity index (χ3v) is 3.18. The van der Waals surface area contributed by atoms with E-state index < -0.39 is 6.10 Å². The highest BCUT2D eigenvalue weighted by atomic mass is 16.5. The van der Waals surface area contributed by atoms with Crippen LogP contribution in [0.1, 0.15) is 19.4 Å². The number of rotatable bonds is 4. The van der Waals surface area contributed by atoms with Gasteiger partial charge in [0.2, 0.25) is 0 Å². The fraction of sp³-hybridized carbons (Fsp3) is 0.400. The number of hydrogen-bond donors (Lipinski definition) is 1. The number of ether oxygens (including phenoxy) is 1. The summed E-state index contributed by atoms with van der Waals surface area (Å²) in [5.74, 6) is 0.691. The van der Waals surface area contributed by atoms with Crippen molar-refractivity contribution in [3.8, 4) is 5.75 Å². The number of carbonyl (C=O) groups excluding carboxylic acids is 1. The minimum atomic E-state index is -0.485. The Kier molecular flexibility index (Phi) is 3.90. The molecular weight excluding hydrogens is 242 g/mol. The van der Waals surface area contributed by atoms with Gasteiger partial charge in [0.05, 0.1) is 12.3 Å². The predicted molar refractivity (Wildman–Crippen MR) is 74.2 cm³/mol. The van der Waals surface area contributed by atoms with E-state index in [-0.39, 0.29) is 18.4 Å². The van der Waals surface area contributed by atoms with Crippen LogP contribution in [0.4, 0.5) is 5.69 Å². The molecule has 4 nitrogen and oxygen atoms in total. The molecular formula is C15H19NO3. The highest BCUT2D eigenvalue weighted by Crippen LogP contribution is 2.36. The third-order valence-electron chi connectivity index (χ3n) is 3.18. The maximum Gasteiger partial charge on any atom is 0.268 e. The smallest absolute Gasteiger partial charge is 0.268 e. The van der Waals surface area contributed by atoms with Gasteiger partial charge in [0, 0.05) is 6.54 Å². The van der Waals surface area contributed by atoms with Gasteiger partial charge in [0.1, 0.15) is 5.75 Å². The van der Waals surface area contributed by atoms with Crippen LogP contribution in [0.2, 0.25) is 0 Å². The minimum Gasteiger partial charge on any atom is -0.478 e. The number of benzene rings is 1. The van der Waals surface area contributed by atoms with Crippen LogP contribution in [0, 0.1) is 5.92 Å². The number of hydrogen-bond acceptors (Lipinski definition) is 3. The first-order valence-electron chi connectivity index (χ1n) is 6.41. The van der Waals surface area contributed by atoms with Crippen molar-refractivity contribution in [2.45, 2.75) is 26.6 Å². The molecule has 1 aliphatic heterocycles. The summed E-state index contributed by atoms with van der Waals surface area (Å²) in [5.41, 5.74) is 1.51. The molecule has 0 saturated heterocycles. The molecule has 19 heavy (non-hydrogen) atoms. The Labute approximate surface area is 113 Å². The first kappa shape index (κ1) is 13.6. The standard InChI is InChI=1S/C15H19NO3/c1-4-7-16-12-6-5-11(9-17)8-13(12)19-14(10(2)3)15(16)18/h4-6,8,10,14,17H,1,7,9H2,2-3H3. The van der Waals surface area contributed by atoms with E-state index in [9.17, 15) is 9.90 Å². The Morgan fingerprint density at radius 3 is 2.84 bits per heavy atom. The SMILES string of the molecule is C=CCN1C(=O)C(C(C)C)Oc2cc(CO)ccc21. The first-order chi connectivity index (χ1) is 9.08. The van der Waals surface area contributed by atoms with Gasteiger partial charge in [-0.25, -0.2) is 0 Å². The van der Waals surface area contributed by atoms with Gasteiger partial charge in [-0.15, -0.1) is 6.58 Å². The molecule has 0 bridgehead atoms. The van der Waals surface area contributed by atoms with Crippen molar-refractivity contribution >= 4 is 11.6 Å². The van der Waals surface area contributed by atoms with Crippen molar-refractivity contribution in [1.82, 2.24) is 0 Å². The summed E-state index contributed by atoms with van der Waals surface area (Å²) in [5, 5.41) is 9.18. The van der Waals surface area contributed by atoms with E-state index in [0.29, 0.717) is 12.3 Å².